The van der Waals surface area contributed by atoms with Crippen LogP contribution < -0.4 is 15.9 Å². The number of para-hydroxylation sites is 1. The van der Waals surface area contributed by atoms with Crippen molar-refractivity contribution in [2.45, 2.75) is 0 Å². The zero-order chi connectivity index (χ0) is 31.6. The summed E-state index contributed by atoms with van der Waals surface area (Å²) < 4.78 is 6.46. The van der Waals surface area contributed by atoms with Crippen molar-refractivity contribution in [3.05, 3.63) is 176 Å². The predicted octanol–water partition coefficient (Wildman–Crippen LogP) is 11.5. The minimum Gasteiger partial charge on any atom is -0.455 e. The molecule has 0 N–H and O–H groups in total. The third-order valence-electron chi connectivity index (χ3n) is 9.79. The van der Waals surface area contributed by atoms with Crippen LogP contribution in [0.3, 0.4) is 0 Å². The van der Waals surface area contributed by atoms with E-state index in [1.165, 1.54) is 82.0 Å². The van der Waals surface area contributed by atoms with E-state index in [-0.39, 0.29) is 0 Å². The van der Waals surface area contributed by atoms with Crippen molar-refractivity contribution in [2.24, 2.45) is 0 Å². The molecule has 0 aliphatic heterocycles. The summed E-state index contributed by atoms with van der Waals surface area (Å²) in [6.45, 7) is 0. The van der Waals surface area contributed by atoms with Gasteiger partial charge in [0.15, 0.2) is 0 Å². The molecule has 0 atom stereocenters. The van der Waals surface area contributed by atoms with Gasteiger partial charge < -0.3 is 4.42 Å². The molecule has 2 heteroatoms. The van der Waals surface area contributed by atoms with Gasteiger partial charge in [-0.3, -0.25) is 0 Å². The highest BCUT2D eigenvalue weighted by Crippen LogP contribution is 2.53. The highest BCUT2D eigenvalue weighted by atomic mass is 31.1. The first-order valence-electron chi connectivity index (χ1n) is 16.4. The molecule has 1 nitrogen and oxygen atoms in total. The second-order valence-electron chi connectivity index (χ2n) is 12.5. The molecule has 8 aromatic carbocycles. The maximum Gasteiger partial charge on any atom is 0.143 e. The predicted molar refractivity (Wildman–Crippen MR) is 205 cm³/mol. The fraction of sp³-hybridized carbons (Fsp3) is 0. The van der Waals surface area contributed by atoms with E-state index in [2.05, 4.69) is 170 Å². The van der Waals surface area contributed by atoms with Gasteiger partial charge in [-0.2, -0.15) is 0 Å². The van der Waals surface area contributed by atoms with E-state index >= 15 is 0 Å². The Morgan fingerprint density at radius 2 is 0.958 bits per heavy atom. The van der Waals surface area contributed by atoms with E-state index in [0.29, 0.717) is 0 Å². The summed E-state index contributed by atoms with van der Waals surface area (Å²) >= 11 is 0. The topological polar surface area (TPSA) is 13.1 Å². The van der Waals surface area contributed by atoms with Gasteiger partial charge in [0.25, 0.3) is 0 Å². The van der Waals surface area contributed by atoms with Gasteiger partial charge in [0.05, 0.1) is 0 Å². The molecule has 0 saturated heterocycles. The first-order valence-corrected chi connectivity index (χ1v) is 17.8. The number of hydrogen-bond donors (Lipinski definition) is 0. The van der Waals surface area contributed by atoms with E-state index in [1.54, 1.807) is 0 Å². The number of rotatable bonds is 5. The number of furan rings is 1. The highest BCUT2D eigenvalue weighted by Gasteiger charge is 2.27. The Bertz CT molecular complexity index is 2610. The standard InChI is InChI=1S/C46H29OP/c1-3-14-33(15-4-1)48(34-16-5-2-6-17-34)35-26-24-30(25-27-35)31-12-9-13-32(28-31)36-19-10-20-38-41-29-42-37-18-7-8-23-43(37)47-46(42)40-22-11-21-39(44(36)38)45(40)41/h1-29H. The maximum absolute atomic E-state index is 6.46. The Hall–Kier alpha value is -5.75. The second-order valence-corrected chi connectivity index (χ2v) is 14.7. The number of benzene rings is 8. The van der Waals surface area contributed by atoms with E-state index in [1.807, 2.05) is 6.07 Å². The molecule has 1 heterocycles. The average molecular weight is 629 g/mol. The van der Waals surface area contributed by atoms with Gasteiger partial charge >= 0.3 is 0 Å². The summed E-state index contributed by atoms with van der Waals surface area (Å²) in [5.74, 6) is 0. The van der Waals surface area contributed by atoms with Crippen molar-refractivity contribution in [2.75, 3.05) is 0 Å². The van der Waals surface area contributed by atoms with Gasteiger partial charge in [-0.25, -0.2) is 0 Å². The Kier molecular flexibility index (Phi) is 6.22. The molecule has 0 saturated carbocycles. The summed E-state index contributed by atoms with van der Waals surface area (Å²) in [6, 6.07) is 64.2. The van der Waals surface area contributed by atoms with Gasteiger partial charge in [-0.15, -0.1) is 0 Å². The molecular weight excluding hydrogens is 599 g/mol. The highest BCUT2D eigenvalue weighted by molar-refractivity contribution is 7.79. The lowest BCUT2D eigenvalue weighted by atomic mass is 9.91. The third-order valence-corrected chi connectivity index (χ3v) is 12.2. The Morgan fingerprint density at radius 3 is 1.75 bits per heavy atom. The molecule has 0 amide bonds. The molecule has 48 heavy (non-hydrogen) atoms. The van der Waals surface area contributed by atoms with Gasteiger partial charge in [0.1, 0.15) is 11.2 Å². The fourth-order valence-electron chi connectivity index (χ4n) is 7.66. The SMILES string of the molecule is c1ccc(P(c2ccccc2)c2ccc(-c3cccc(-c4cccc5c4-c4cccc6c4c-5cc4c5ccccc5oc64)c3)cc2)cc1. The van der Waals surface area contributed by atoms with Gasteiger partial charge in [-0.1, -0.05) is 158 Å². The third kappa shape index (κ3) is 4.22. The summed E-state index contributed by atoms with van der Waals surface area (Å²) in [4.78, 5) is 0. The van der Waals surface area contributed by atoms with Crippen LogP contribution in [0, 0.1) is 0 Å². The molecule has 1 aliphatic carbocycles. The molecule has 0 bridgehead atoms. The fourth-order valence-corrected chi connectivity index (χ4v) is 9.94. The molecular formula is C46H29OP. The molecule has 0 spiro atoms. The molecule has 1 aliphatic rings. The van der Waals surface area contributed by atoms with E-state index in [4.69, 9.17) is 4.42 Å². The molecule has 0 fully saturated rings. The van der Waals surface area contributed by atoms with E-state index in [0.717, 1.165) is 11.2 Å². The van der Waals surface area contributed by atoms with Crippen LogP contribution in [-0.4, -0.2) is 0 Å². The van der Waals surface area contributed by atoms with Crippen LogP contribution in [0.1, 0.15) is 0 Å². The van der Waals surface area contributed by atoms with Crippen LogP contribution in [-0.2, 0) is 0 Å². The average Bonchev–Trinajstić information content (AvgIpc) is 3.70. The van der Waals surface area contributed by atoms with Crippen molar-refractivity contribution in [3.8, 4) is 44.5 Å². The monoisotopic (exact) mass is 628 g/mol. The second kappa shape index (κ2) is 10.9. The quantitative estimate of drug-likeness (QED) is 0.173. The van der Waals surface area contributed by atoms with Crippen molar-refractivity contribution < 1.29 is 4.42 Å². The van der Waals surface area contributed by atoms with Crippen LogP contribution >= 0.6 is 7.92 Å². The molecule has 0 radical (unpaired) electrons. The Labute approximate surface area is 280 Å². The molecule has 224 valence electrons. The lowest BCUT2D eigenvalue weighted by Gasteiger charge is -2.19. The Balaban J connectivity index is 1.07. The van der Waals surface area contributed by atoms with E-state index in [9.17, 15) is 0 Å². The normalized spacial score (nSPS) is 11.9. The molecule has 9 aromatic rings. The van der Waals surface area contributed by atoms with Gasteiger partial charge in [0, 0.05) is 21.5 Å². The largest absolute Gasteiger partial charge is 0.455 e. The summed E-state index contributed by atoms with van der Waals surface area (Å²) in [5.41, 5.74) is 12.0. The first kappa shape index (κ1) is 27.4. The molecule has 0 unspecified atom stereocenters. The molecule has 10 rings (SSSR count). The van der Waals surface area contributed by atoms with Crippen molar-refractivity contribution >= 4 is 56.5 Å². The minimum absolute atomic E-state index is 0.637. The van der Waals surface area contributed by atoms with Crippen LogP contribution in [0.25, 0.3) is 77.2 Å². The van der Waals surface area contributed by atoms with Gasteiger partial charge in [0.2, 0.25) is 0 Å². The van der Waals surface area contributed by atoms with Crippen molar-refractivity contribution in [1.29, 1.82) is 0 Å². The lowest BCUT2D eigenvalue weighted by molar-refractivity contribution is 0.672. The van der Waals surface area contributed by atoms with E-state index < -0.39 is 7.92 Å². The van der Waals surface area contributed by atoms with Crippen LogP contribution in [0.4, 0.5) is 0 Å². The maximum atomic E-state index is 6.46. The zero-order valence-electron chi connectivity index (χ0n) is 26.1. The van der Waals surface area contributed by atoms with Crippen molar-refractivity contribution in [3.63, 3.8) is 0 Å². The lowest BCUT2D eigenvalue weighted by Crippen LogP contribution is -2.20. The molecule has 1 aromatic heterocycles. The van der Waals surface area contributed by atoms with Crippen LogP contribution in [0.5, 0.6) is 0 Å². The smallest absolute Gasteiger partial charge is 0.143 e. The minimum atomic E-state index is -0.637. The van der Waals surface area contributed by atoms with Crippen LogP contribution in [0.15, 0.2) is 180 Å². The van der Waals surface area contributed by atoms with Crippen LogP contribution in [0.2, 0.25) is 0 Å². The summed E-state index contributed by atoms with van der Waals surface area (Å²) in [5, 5.41) is 8.89. The summed E-state index contributed by atoms with van der Waals surface area (Å²) in [7, 11) is -0.637. The Morgan fingerprint density at radius 1 is 0.354 bits per heavy atom. The number of fused-ring (bicyclic) bond motifs is 7. The summed E-state index contributed by atoms with van der Waals surface area (Å²) in [6.07, 6.45) is 0. The number of hydrogen-bond acceptors (Lipinski definition) is 1. The van der Waals surface area contributed by atoms with Gasteiger partial charge in [-0.05, 0) is 86.5 Å². The van der Waals surface area contributed by atoms with Crippen molar-refractivity contribution in [1.82, 2.24) is 0 Å². The first-order chi connectivity index (χ1) is 23.8. The zero-order valence-corrected chi connectivity index (χ0v) is 27.0.